The van der Waals surface area contributed by atoms with Crippen LogP contribution in [0, 0.1) is 0 Å². The number of rotatable bonds is 3. The number of anilines is 2. The molecular formula is C23H16N2O5S. The first-order valence-electron chi connectivity index (χ1n) is 9.62. The van der Waals surface area contributed by atoms with Gasteiger partial charge in [-0.3, -0.25) is 24.2 Å². The molecule has 2 aliphatic rings. The largest absolute Gasteiger partial charge is 0.278 e. The van der Waals surface area contributed by atoms with Gasteiger partial charge in [0.25, 0.3) is 11.8 Å². The van der Waals surface area contributed by atoms with Crippen LogP contribution in [0.2, 0.25) is 0 Å². The van der Waals surface area contributed by atoms with E-state index in [0.29, 0.717) is 11.1 Å². The summed E-state index contributed by atoms with van der Waals surface area (Å²) in [6.45, 7) is -0.0984. The fraction of sp³-hybridized carbons (Fsp3) is 0.0870. The first-order chi connectivity index (χ1) is 14.9. The molecule has 0 aliphatic carbocycles. The summed E-state index contributed by atoms with van der Waals surface area (Å²) in [5, 5.41) is 0. The molecule has 31 heavy (non-hydrogen) atoms. The highest BCUT2D eigenvalue weighted by molar-refractivity contribution is 7.92. The Bertz CT molecular complexity index is 1290. The lowest BCUT2D eigenvalue weighted by Gasteiger charge is -2.31. The summed E-state index contributed by atoms with van der Waals surface area (Å²) in [6.07, 6.45) is -0.145. The number of nitrogens with zero attached hydrogens (tertiary/aromatic N) is 2. The fourth-order valence-corrected chi connectivity index (χ4v) is 5.64. The molecule has 8 heteroatoms. The molecule has 7 nitrogen and oxygen atoms in total. The van der Waals surface area contributed by atoms with Crippen LogP contribution in [0.4, 0.5) is 11.4 Å². The van der Waals surface area contributed by atoms with Gasteiger partial charge in [-0.25, -0.2) is 8.42 Å². The Morgan fingerprint density at radius 1 is 0.710 bits per heavy atom. The summed E-state index contributed by atoms with van der Waals surface area (Å²) >= 11 is 0. The van der Waals surface area contributed by atoms with E-state index in [0.717, 1.165) is 4.90 Å². The van der Waals surface area contributed by atoms with Gasteiger partial charge in [-0.05, 0) is 36.4 Å². The van der Waals surface area contributed by atoms with Gasteiger partial charge in [0.2, 0.25) is 15.7 Å². The standard InChI is InChI=1S/C23H16N2O5S/c26-21(13-14-24-22(27)15-7-1-2-8-16(15)23(24)28)25-17-9-3-5-11-19(17)31(29,30)20-12-6-4-10-18(20)25/h1-12H,13-14H2. The monoisotopic (exact) mass is 432 g/mol. The molecule has 0 spiro atoms. The van der Waals surface area contributed by atoms with Gasteiger partial charge >= 0.3 is 0 Å². The molecule has 0 saturated carbocycles. The minimum Gasteiger partial charge on any atom is -0.278 e. The van der Waals surface area contributed by atoms with Crippen LogP contribution in [0.25, 0.3) is 0 Å². The number of benzene rings is 3. The van der Waals surface area contributed by atoms with Crippen molar-refractivity contribution >= 4 is 38.9 Å². The molecule has 0 saturated heterocycles. The summed E-state index contributed by atoms with van der Waals surface area (Å²) in [4.78, 5) is 40.9. The second-order valence-corrected chi connectivity index (χ2v) is 9.11. The minimum absolute atomic E-state index is 0.0442. The lowest BCUT2D eigenvalue weighted by atomic mass is 10.1. The van der Waals surface area contributed by atoms with Crippen LogP contribution in [0.15, 0.2) is 82.6 Å². The number of hydrogen-bond donors (Lipinski definition) is 0. The maximum absolute atomic E-state index is 13.3. The van der Waals surface area contributed by atoms with E-state index in [1.54, 1.807) is 60.7 Å². The Kier molecular flexibility index (Phi) is 4.26. The van der Waals surface area contributed by atoms with Gasteiger partial charge in [-0.2, -0.15) is 0 Å². The van der Waals surface area contributed by atoms with Crippen molar-refractivity contribution in [3.8, 4) is 0 Å². The number of sulfone groups is 1. The van der Waals surface area contributed by atoms with Crippen molar-refractivity contribution in [2.45, 2.75) is 16.2 Å². The quantitative estimate of drug-likeness (QED) is 0.593. The maximum atomic E-state index is 13.3. The highest BCUT2D eigenvalue weighted by Gasteiger charge is 2.38. The normalized spacial score (nSPS) is 16.0. The molecule has 154 valence electrons. The fourth-order valence-electron chi connectivity index (χ4n) is 4.02. The van der Waals surface area contributed by atoms with E-state index in [1.165, 1.54) is 17.0 Å². The third kappa shape index (κ3) is 2.79. The average Bonchev–Trinajstić information content (AvgIpc) is 3.03. The van der Waals surface area contributed by atoms with Crippen molar-refractivity contribution < 1.29 is 22.8 Å². The summed E-state index contributed by atoms with van der Waals surface area (Å²) in [5.74, 6) is -1.28. The molecule has 5 rings (SSSR count). The molecule has 0 N–H and O–H groups in total. The Labute approximate surface area is 178 Å². The molecule has 0 aromatic heterocycles. The molecule has 0 bridgehead atoms. The van der Waals surface area contributed by atoms with Gasteiger partial charge in [0.15, 0.2) is 0 Å². The second kappa shape index (κ2) is 6.88. The Hall–Kier alpha value is -3.78. The number of hydrogen-bond acceptors (Lipinski definition) is 5. The third-order valence-electron chi connectivity index (χ3n) is 5.47. The predicted molar refractivity (Wildman–Crippen MR) is 112 cm³/mol. The smallest absolute Gasteiger partial charge is 0.261 e. The van der Waals surface area contributed by atoms with Crippen molar-refractivity contribution in [3.63, 3.8) is 0 Å². The SMILES string of the molecule is O=C1c2ccccc2C(=O)N1CCC(=O)N1c2ccccc2S(=O)(=O)c2ccccc21. The van der Waals surface area contributed by atoms with Gasteiger partial charge in [-0.15, -0.1) is 0 Å². The molecule has 0 unspecified atom stereocenters. The third-order valence-corrected chi connectivity index (χ3v) is 7.32. The van der Waals surface area contributed by atoms with Gasteiger partial charge in [0.05, 0.1) is 32.3 Å². The molecule has 0 atom stereocenters. The van der Waals surface area contributed by atoms with Gasteiger partial charge < -0.3 is 0 Å². The van der Waals surface area contributed by atoms with E-state index < -0.39 is 27.6 Å². The lowest BCUT2D eigenvalue weighted by Crippen LogP contribution is -2.37. The van der Waals surface area contributed by atoms with Crippen LogP contribution in [-0.4, -0.2) is 37.6 Å². The number of carbonyl (C=O) groups is 3. The van der Waals surface area contributed by atoms with E-state index in [-0.39, 0.29) is 34.1 Å². The lowest BCUT2D eigenvalue weighted by molar-refractivity contribution is -0.118. The molecule has 3 aromatic rings. The van der Waals surface area contributed by atoms with Crippen molar-refractivity contribution in [2.24, 2.45) is 0 Å². The topological polar surface area (TPSA) is 91.8 Å². The van der Waals surface area contributed by atoms with E-state index in [1.807, 2.05) is 0 Å². The molecule has 0 fully saturated rings. The van der Waals surface area contributed by atoms with Gasteiger partial charge in [0, 0.05) is 13.0 Å². The Balaban J connectivity index is 1.47. The van der Waals surface area contributed by atoms with Crippen LogP contribution in [0.1, 0.15) is 27.1 Å². The maximum Gasteiger partial charge on any atom is 0.261 e. The summed E-state index contributed by atoms with van der Waals surface area (Å²) in [6, 6.07) is 19.1. The average molecular weight is 432 g/mol. The molecular weight excluding hydrogens is 416 g/mol. The zero-order valence-electron chi connectivity index (χ0n) is 16.2. The highest BCUT2D eigenvalue weighted by atomic mass is 32.2. The Morgan fingerprint density at radius 2 is 1.16 bits per heavy atom. The molecule has 3 amide bonds. The minimum atomic E-state index is -3.76. The van der Waals surface area contributed by atoms with Gasteiger partial charge in [-0.1, -0.05) is 36.4 Å². The van der Waals surface area contributed by atoms with Crippen molar-refractivity contribution in [1.82, 2.24) is 4.90 Å². The molecule has 2 aliphatic heterocycles. The first kappa shape index (κ1) is 19.2. The van der Waals surface area contributed by atoms with Crippen LogP contribution >= 0.6 is 0 Å². The molecule has 2 heterocycles. The second-order valence-electron chi connectivity index (χ2n) is 7.23. The zero-order chi connectivity index (χ0) is 21.8. The van der Waals surface area contributed by atoms with Gasteiger partial charge in [0.1, 0.15) is 0 Å². The number of para-hydroxylation sites is 2. The van der Waals surface area contributed by atoms with Crippen LogP contribution < -0.4 is 4.90 Å². The Morgan fingerprint density at radius 3 is 1.68 bits per heavy atom. The van der Waals surface area contributed by atoms with E-state index in [2.05, 4.69) is 0 Å². The summed E-state index contributed by atoms with van der Waals surface area (Å²) < 4.78 is 26.0. The van der Waals surface area contributed by atoms with E-state index in [4.69, 9.17) is 0 Å². The summed E-state index contributed by atoms with van der Waals surface area (Å²) in [7, 11) is -3.76. The molecule has 0 radical (unpaired) electrons. The van der Waals surface area contributed by atoms with Crippen LogP contribution in [0.3, 0.4) is 0 Å². The van der Waals surface area contributed by atoms with E-state index >= 15 is 0 Å². The first-order valence-corrected chi connectivity index (χ1v) is 11.1. The predicted octanol–water partition coefficient (Wildman–Crippen LogP) is 3.18. The van der Waals surface area contributed by atoms with E-state index in [9.17, 15) is 22.8 Å². The van der Waals surface area contributed by atoms with Crippen molar-refractivity contribution in [3.05, 3.63) is 83.9 Å². The summed E-state index contributed by atoms with van der Waals surface area (Å²) in [5.41, 5.74) is 1.15. The molecule has 3 aromatic carbocycles. The number of imide groups is 1. The number of fused-ring (bicyclic) bond motifs is 3. The number of carbonyl (C=O) groups excluding carboxylic acids is 3. The van der Waals surface area contributed by atoms with Crippen molar-refractivity contribution in [2.75, 3.05) is 11.4 Å². The van der Waals surface area contributed by atoms with Crippen LogP contribution in [-0.2, 0) is 14.6 Å². The van der Waals surface area contributed by atoms with Crippen molar-refractivity contribution in [1.29, 1.82) is 0 Å². The zero-order valence-corrected chi connectivity index (χ0v) is 17.0. The highest BCUT2D eigenvalue weighted by Crippen LogP contribution is 2.44. The van der Waals surface area contributed by atoms with Crippen LogP contribution in [0.5, 0.6) is 0 Å². The number of amides is 3.